The van der Waals surface area contributed by atoms with E-state index >= 15 is 0 Å². The highest BCUT2D eigenvalue weighted by Crippen LogP contribution is 2.16. The Kier molecular flexibility index (Phi) is 6.82. The fraction of sp³-hybridized carbons (Fsp3) is 0.350. The van der Waals surface area contributed by atoms with Crippen LogP contribution >= 0.6 is 0 Å². The molecule has 2 aromatic carbocycles. The third-order valence-electron chi connectivity index (χ3n) is 3.96. The SMILES string of the molecule is Cc1ccccc1OCCCN(C)CC(=O)N(C)c1ccccc1. The van der Waals surface area contributed by atoms with Crippen molar-refractivity contribution >= 4 is 11.6 Å². The molecule has 2 rings (SSSR count). The van der Waals surface area contributed by atoms with Gasteiger partial charge in [0, 0.05) is 19.3 Å². The van der Waals surface area contributed by atoms with Crippen LogP contribution in [0.3, 0.4) is 0 Å². The topological polar surface area (TPSA) is 32.8 Å². The molecule has 128 valence electrons. The number of para-hydroxylation sites is 2. The average Bonchev–Trinajstić information content (AvgIpc) is 2.60. The molecule has 0 saturated heterocycles. The molecule has 1 amide bonds. The van der Waals surface area contributed by atoms with E-state index in [0.717, 1.165) is 30.0 Å². The van der Waals surface area contributed by atoms with Crippen LogP contribution in [0.4, 0.5) is 5.69 Å². The third-order valence-corrected chi connectivity index (χ3v) is 3.96. The van der Waals surface area contributed by atoms with Crippen molar-refractivity contribution in [3.8, 4) is 5.75 Å². The zero-order valence-corrected chi connectivity index (χ0v) is 14.7. The van der Waals surface area contributed by atoms with E-state index in [9.17, 15) is 4.79 Å². The van der Waals surface area contributed by atoms with Gasteiger partial charge in [0.05, 0.1) is 13.2 Å². The highest BCUT2D eigenvalue weighted by Gasteiger charge is 2.12. The minimum Gasteiger partial charge on any atom is -0.493 e. The van der Waals surface area contributed by atoms with Gasteiger partial charge in [0.15, 0.2) is 0 Å². The molecule has 0 aliphatic carbocycles. The van der Waals surface area contributed by atoms with Crippen LogP contribution in [0.5, 0.6) is 5.75 Å². The molecule has 0 aliphatic heterocycles. The number of carbonyl (C=O) groups excluding carboxylic acids is 1. The Labute approximate surface area is 144 Å². The standard InChI is InChI=1S/C20H26N2O2/c1-17-10-7-8-13-19(17)24-15-9-14-21(2)16-20(23)22(3)18-11-5-4-6-12-18/h4-8,10-13H,9,14-16H2,1-3H3. The van der Waals surface area contributed by atoms with Crippen molar-refractivity contribution in [2.75, 3.05) is 38.7 Å². The number of hydrogen-bond donors (Lipinski definition) is 0. The number of anilines is 1. The zero-order chi connectivity index (χ0) is 17.4. The highest BCUT2D eigenvalue weighted by atomic mass is 16.5. The minimum atomic E-state index is 0.0866. The monoisotopic (exact) mass is 326 g/mol. The molecule has 0 heterocycles. The van der Waals surface area contributed by atoms with E-state index < -0.39 is 0 Å². The first-order valence-electron chi connectivity index (χ1n) is 8.26. The van der Waals surface area contributed by atoms with Crippen molar-refractivity contribution in [3.63, 3.8) is 0 Å². The van der Waals surface area contributed by atoms with Crippen LogP contribution in [0.2, 0.25) is 0 Å². The van der Waals surface area contributed by atoms with E-state index in [-0.39, 0.29) is 5.91 Å². The first kappa shape index (κ1) is 18.0. The Hall–Kier alpha value is -2.33. The molecule has 0 aromatic heterocycles. The van der Waals surface area contributed by atoms with E-state index in [1.807, 2.05) is 80.5 Å². The maximum Gasteiger partial charge on any atom is 0.240 e. The van der Waals surface area contributed by atoms with Crippen LogP contribution < -0.4 is 9.64 Å². The number of likely N-dealkylation sites (N-methyl/N-ethyl adjacent to an activating group) is 2. The summed E-state index contributed by atoms with van der Waals surface area (Å²) in [5, 5.41) is 0. The third kappa shape index (κ3) is 5.39. The van der Waals surface area contributed by atoms with Gasteiger partial charge in [-0.3, -0.25) is 9.69 Å². The normalized spacial score (nSPS) is 10.7. The van der Waals surface area contributed by atoms with E-state index in [0.29, 0.717) is 13.2 Å². The van der Waals surface area contributed by atoms with Crippen molar-refractivity contribution in [3.05, 3.63) is 60.2 Å². The smallest absolute Gasteiger partial charge is 0.240 e. The van der Waals surface area contributed by atoms with Crippen LogP contribution in [0.15, 0.2) is 54.6 Å². The van der Waals surface area contributed by atoms with Crippen molar-refractivity contribution in [2.45, 2.75) is 13.3 Å². The molecule has 0 bridgehead atoms. The molecule has 0 fully saturated rings. The van der Waals surface area contributed by atoms with Gasteiger partial charge in [-0.15, -0.1) is 0 Å². The molecule has 0 spiro atoms. The van der Waals surface area contributed by atoms with Crippen molar-refractivity contribution < 1.29 is 9.53 Å². The Bertz CT molecular complexity index is 643. The number of benzene rings is 2. The van der Waals surface area contributed by atoms with E-state index in [1.54, 1.807) is 4.90 Å². The second kappa shape index (κ2) is 9.08. The van der Waals surface area contributed by atoms with Crippen LogP contribution in [0.1, 0.15) is 12.0 Å². The fourth-order valence-corrected chi connectivity index (χ4v) is 2.45. The van der Waals surface area contributed by atoms with Crippen LogP contribution in [0, 0.1) is 6.92 Å². The number of carbonyl (C=O) groups is 1. The predicted molar refractivity (Wildman–Crippen MR) is 98.6 cm³/mol. The second-order valence-corrected chi connectivity index (χ2v) is 5.99. The van der Waals surface area contributed by atoms with Gasteiger partial charge >= 0.3 is 0 Å². The van der Waals surface area contributed by atoms with E-state index in [1.165, 1.54) is 0 Å². The second-order valence-electron chi connectivity index (χ2n) is 5.99. The fourth-order valence-electron chi connectivity index (χ4n) is 2.45. The molecule has 24 heavy (non-hydrogen) atoms. The first-order valence-corrected chi connectivity index (χ1v) is 8.26. The molecular formula is C20H26N2O2. The molecular weight excluding hydrogens is 300 g/mol. The molecule has 2 aromatic rings. The van der Waals surface area contributed by atoms with Gasteiger partial charge < -0.3 is 9.64 Å². The molecule has 0 radical (unpaired) electrons. The quantitative estimate of drug-likeness (QED) is 0.697. The van der Waals surface area contributed by atoms with E-state index in [2.05, 4.69) is 0 Å². The Morgan fingerprint density at radius 3 is 2.38 bits per heavy atom. The van der Waals surface area contributed by atoms with Gasteiger partial charge in [0.25, 0.3) is 0 Å². The summed E-state index contributed by atoms with van der Waals surface area (Å²) in [5.41, 5.74) is 2.06. The molecule has 0 saturated carbocycles. The lowest BCUT2D eigenvalue weighted by Crippen LogP contribution is -2.37. The van der Waals surface area contributed by atoms with Gasteiger partial charge in [-0.1, -0.05) is 36.4 Å². The summed E-state index contributed by atoms with van der Waals surface area (Å²) in [6.07, 6.45) is 0.882. The van der Waals surface area contributed by atoms with Crippen molar-refractivity contribution in [2.24, 2.45) is 0 Å². The lowest BCUT2D eigenvalue weighted by atomic mass is 10.2. The summed E-state index contributed by atoms with van der Waals surface area (Å²) in [4.78, 5) is 16.0. The summed E-state index contributed by atoms with van der Waals surface area (Å²) in [6, 6.07) is 17.7. The molecule has 0 unspecified atom stereocenters. The first-order chi connectivity index (χ1) is 11.6. The Morgan fingerprint density at radius 2 is 1.67 bits per heavy atom. The summed E-state index contributed by atoms with van der Waals surface area (Å²) in [6.45, 7) is 3.91. The number of rotatable bonds is 8. The Morgan fingerprint density at radius 1 is 1.00 bits per heavy atom. The number of nitrogens with zero attached hydrogens (tertiary/aromatic N) is 2. The van der Waals surface area contributed by atoms with Crippen LogP contribution in [0.25, 0.3) is 0 Å². The van der Waals surface area contributed by atoms with E-state index in [4.69, 9.17) is 4.74 Å². The number of aryl methyl sites for hydroxylation is 1. The average molecular weight is 326 g/mol. The molecule has 4 nitrogen and oxygen atoms in total. The van der Waals surface area contributed by atoms with Gasteiger partial charge in [0.1, 0.15) is 5.75 Å². The molecule has 0 aliphatic rings. The van der Waals surface area contributed by atoms with Crippen molar-refractivity contribution in [1.82, 2.24) is 4.90 Å². The number of ether oxygens (including phenoxy) is 1. The maximum atomic E-state index is 12.3. The van der Waals surface area contributed by atoms with Gasteiger partial charge in [-0.2, -0.15) is 0 Å². The highest BCUT2D eigenvalue weighted by molar-refractivity contribution is 5.94. The maximum absolute atomic E-state index is 12.3. The largest absolute Gasteiger partial charge is 0.493 e. The number of hydrogen-bond acceptors (Lipinski definition) is 3. The predicted octanol–water partition coefficient (Wildman–Crippen LogP) is 3.36. The lowest BCUT2D eigenvalue weighted by molar-refractivity contribution is -0.119. The summed E-state index contributed by atoms with van der Waals surface area (Å²) in [7, 11) is 3.78. The van der Waals surface area contributed by atoms with Gasteiger partial charge in [-0.05, 0) is 44.2 Å². The summed E-state index contributed by atoms with van der Waals surface area (Å²) >= 11 is 0. The molecule has 4 heteroatoms. The Balaban J connectivity index is 1.70. The van der Waals surface area contributed by atoms with Gasteiger partial charge in [-0.25, -0.2) is 0 Å². The minimum absolute atomic E-state index is 0.0866. The lowest BCUT2D eigenvalue weighted by Gasteiger charge is -2.22. The molecule has 0 N–H and O–H groups in total. The zero-order valence-electron chi connectivity index (χ0n) is 14.7. The molecule has 0 atom stereocenters. The summed E-state index contributed by atoms with van der Waals surface area (Å²) < 4.78 is 5.79. The number of amides is 1. The van der Waals surface area contributed by atoms with Crippen LogP contribution in [-0.2, 0) is 4.79 Å². The van der Waals surface area contributed by atoms with Crippen LogP contribution in [-0.4, -0.2) is 44.6 Å². The van der Waals surface area contributed by atoms with Gasteiger partial charge in [0.2, 0.25) is 5.91 Å². The van der Waals surface area contributed by atoms with Crippen molar-refractivity contribution in [1.29, 1.82) is 0 Å². The summed E-state index contributed by atoms with van der Waals surface area (Å²) in [5.74, 6) is 1.02.